The summed E-state index contributed by atoms with van der Waals surface area (Å²) in [5, 5.41) is 7.76. The van der Waals surface area contributed by atoms with Gasteiger partial charge in [0.25, 0.3) is 5.78 Å². The largest absolute Gasteiger partial charge is 0.370 e. The highest BCUT2D eigenvalue weighted by Crippen LogP contribution is 2.29. The molecule has 2 heterocycles. The molecule has 1 N–H and O–H groups in total. The van der Waals surface area contributed by atoms with Crippen LogP contribution < -0.4 is 5.32 Å². The Morgan fingerprint density at radius 1 is 1.37 bits per heavy atom. The topological polar surface area (TPSA) is 55.1 Å². The Morgan fingerprint density at radius 3 is 3.05 bits per heavy atom. The van der Waals surface area contributed by atoms with Crippen LogP contribution in [0.4, 0.5) is 5.82 Å². The molecule has 2 aromatic rings. The van der Waals surface area contributed by atoms with E-state index in [0.717, 1.165) is 29.9 Å². The van der Waals surface area contributed by atoms with Crippen molar-refractivity contribution in [3.05, 3.63) is 18.1 Å². The number of aryl methyl sites for hydroxylation is 1. The molecule has 1 fully saturated rings. The first-order valence-corrected chi connectivity index (χ1v) is 7.15. The van der Waals surface area contributed by atoms with Gasteiger partial charge in [-0.05, 0) is 25.2 Å². The van der Waals surface area contributed by atoms with Gasteiger partial charge in [0.15, 0.2) is 0 Å². The average Bonchev–Trinajstić information content (AvgIpc) is 2.85. The first kappa shape index (κ1) is 12.4. The first-order chi connectivity index (χ1) is 9.24. The smallest absolute Gasteiger partial charge is 0.254 e. The predicted molar refractivity (Wildman–Crippen MR) is 75.1 cm³/mol. The van der Waals surface area contributed by atoms with Crippen LogP contribution in [0.5, 0.6) is 0 Å². The van der Waals surface area contributed by atoms with Crippen LogP contribution >= 0.6 is 0 Å². The molecule has 3 rings (SSSR count). The molecule has 0 amide bonds. The highest BCUT2D eigenvalue weighted by atomic mass is 15.3. The van der Waals surface area contributed by atoms with E-state index < -0.39 is 0 Å². The maximum absolute atomic E-state index is 4.36. The van der Waals surface area contributed by atoms with Gasteiger partial charge in [0.2, 0.25) is 0 Å². The Balaban J connectivity index is 1.75. The molecule has 1 aliphatic rings. The van der Waals surface area contributed by atoms with Crippen molar-refractivity contribution in [3.63, 3.8) is 0 Å². The van der Waals surface area contributed by atoms with E-state index in [1.165, 1.54) is 25.7 Å². The van der Waals surface area contributed by atoms with Gasteiger partial charge < -0.3 is 5.32 Å². The fourth-order valence-corrected chi connectivity index (χ4v) is 2.99. The monoisotopic (exact) mass is 259 g/mol. The minimum absolute atomic E-state index is 0.666. The zero-order chi connectivity index (χ0) is 13.2. The van der Waals surface area contributed by atoms with E-state index in [-0.39, 0.29) is 0 Å². The molecule has 1 aliphatic carbocycles. The van der Waals surface area contributed by atoms with Crippen molar-refractivity contribution >= 4 is 11.6 Å². The number of nitrogens with one attached hydrogen (secondary N) is 1. The number of anilines is 1. The quantitative estimate of drug-likeness (QED) is 0.920. The van der Waals surface area contributed by atoms with Crippen LogP contribution in [0.15, 0.2) is 12.4 Å². The summed E-state index contributed by atoms with van der Waals surface area (Å²) in [4.78, 5) is 8.51. The number of hydrogen-bond acceptors (Lipinski definition) is 4. The molecule has 1 saturated carbocycles. The van der Waals surface area contributed by atoms with Gasteiger partial charge in [-0.25, -0.2) is 4.98 Å². The lowest BCUT2D eigenvalue weighted by molar-refractivity contribution is 0.268. The van der Waals surface area contributed by atoms with E-state index >= 15 is 0 Å². The molecular formula is C14H21N5. The molecule has 5 heteroatoms. The molecule has 19 heavy (non-hydrogen) atoms. The van der Waals surface area contributed by atoms with Gasteiger partial charge in [-0.3, -0.25) is 0 Å². The van der Waals surface area contributed by atoms with Crippen LogP contribution in [0.25, 0.3) is 5.78 Å². The highest BCUT2D eigenvalue weighted by Gasteiger charge is 2.21. The number of nitrogens with zero attached hydrogens (tertiary/aromatic N) is 4. The lowest BCUT2D eigenvalue weighted by atomic mass is 9.80. The maximum Gasteiger partial charge on any atom is 0.254 e. The van der Waals surface area contributed by atoms with Gasteiger partial charge in [-0.1, -0.05) is 26.2 Å². The summed E-state index contributed by atoms with van der Waals surface area (Å²) < 4.78 is 1.78. The number of hydrogen-bond donors (Lipinski definition) is 1. The summed E-state index contributed by atoms with van der Waals surface area (Å²) in [6.07, 6.45) is 7.00. The molecule has 0 aliphatic heterocycles. The lowest BCUT2D eigenvalue weighted by Crippen LogP contribution is -2.25. The van der Waals surface area contributed by atoms with E-state index in [9.17, 15) is 0 Å². The van der Waals surface area contributed by atoms with E-state index in [2.05, 4.69) is 27.3 Å². The van der Waals surface area contributed by atoms with Gasteiger partial charge in [0, 0.05) is 18.3 Å². The highest BCUT2D eigenvalue weighted by molar-refractivity contribution is 5.44. The van der Waals surface area contributed by atoms with Crippen molar-refractivity contribution in [1.82, 2.24) is 19.6 Å². The predicted octanol–water partition coefficient (Wildman–Crippen LogP) is 2.67. The summed E-state index contributed by atoms with van der Waals surface area (Å²) in [6, 6.07) is 2.04. The van der Waals surface area contributed by atoms with E-state index in [4.69, 9.17) is 0 Å². The SMILES string of the molecule is Cc1cc(NCC2CCCCC2C)n2ncnc2n1. The fourth-order valence-electron chi connectivity index (χ4n) is 2.99. The van der Waals surface area contributed by atoms with Crippen molar-refractivity contribution in [2.24, 2.45) is 11.8 Å². The van der Waals surface area contributed by atoms with E-state index in [0.29, 0.717) is 5.78 Å². The second-order valence-corrected chi connectivity index (χ2v) is 5.66. The molecule has 0 saturated heterocycles. The van der Waals surface area contributed by atoms with Crippen LogP contribution in [-0.2, 0) is 0 Å². The van der Waals surface area contributed by atoms with Gasteiger partial charge in [-0.15, -0.1) is 0 Å². The Bertz CT molecular complexity index is 562. The van der Waals surface area contributed by atoms with Gasteiger partial charge in [0.1, 0.15) is 12.1 Å². The molecule has 0 bridgehead atoms. The minimum Gasteiger partial charge on any atom is -0.370 e. The lowest BCUT2D eigenvalue weighted by Gasteiger charge is -2.29. The summed E-state index contributed by atoms with van der Waals surface area (Å²) in [5.74, 6) is 3.24. The minimum atomic E-state index is 0.666. The third-order valence-electron chi connectivity index (χ3n) is 4.21. The first-order valence-electron chi connectivity index (χ1n) is 7.15. The Kier molecular flexibility index (Phi) is 3.36. The molecule has 2 aromatic heterocycles. The van der Waals surface area contributed by atoms with Gasteiger partial charge >= 0.3 is 0 Å². The molecule has 2 atom stereocenters. The van der Waals surface area contributed by atoms with Crippen molar-refractivity contribution < 1.29 is 0 Å². The van der Waals surface area contributed by atoms with Crippen molar-refractivity contribution in [1.29, 1.82) is 0 Å². The van der Waals surface area contributed by atoms with Crippen molar-refractivity contribution in [2.45, 2.75) is 39.5 Å². The van der Waals surface area contributed by atoms with E-state index in [1.54, 1.807) is 10.8 Å². The molecule has 2 unspecified atom stereocenters. The number of fused-ring (bicyclic) bond motifs is 1. The number of rotatable bonds is 3. The molecular weight excluding hydrogens is 238 g/mol. The molecule has 0 spiro atoms. The Hall–Kier alpha value is -1.65. The van der Waals surface area contributed by atoms with Crippen molar-refractivity contribution in [2.75, 3.05) is 11.9 Å². The van der Waals surface area contributed by atoms with Crippen LogP contribution in [0.2, 0.25) is 0 Å². The van der Waals surface area contributed by atoms with Crippen LogP contribution in [0, 0.1) is 18.8 Å². The summed E-state index contributed by atoms with van der Waals surface area (Å²) >= 11 is 0. The summed E-state index contributed by atoms with van der Waals surface area (Å²) in [5.41, 5.74) is 0.972. The average molecular weight is 259 g/mol. The molecule has 0 radical (unpaired) electrons. The number of aromatic nitrogens is 4. The third-order valence-corrected chi connectivity index (χ3v) is 4.21. The molecule has 102 valence electrons. The third kappa shape index (κ3) is 2.55. The summed E-state index contributed by atoms with van der Waals surface area (Å²) in [7, 11) is 0. The van der Waals surface area contributed by atoms with E-state index in [1.807, 2.05) is 13.0 Å². The zero-order valence-electron chi connectivity index (χ0n) is 11.6. The van der Waals surface area contributed by atoms with Crippen molar-refractivity contribution in [3.8, 4) is 0 Å². The standard InChI is InChI=1S/C14H21N5/c1-10-5-3-4-6-12(10)8-15-13-7-11(2)18-14-16-9-17-19(13)14/h7,9-10,12,15H,3-6,8H2,1-2H3. The van der Waals surface area contributed by atoms with Gasteiger partial charge in [0.05, 0.1) is 0 Å². The second-order valence-electron chi connectivity index (χ2n) is 5.66. The maximum atomic E-state index is 4.36. The Morgan fingerprint density at radius 2 is 2.21 bits per heavy atom. The second kappa shape index (κ2) is 5.15. The van der Waals surface area contributed by atoms with Gasteiger partial charge in [-0.2, -0.15) is 14.6 Å². The van der Waals surface area contributed by atoms with Crippen LogP contribution in [-0.4, -0.2) is 26.1 Å². The van der Waals surface area contributed by atoms with Crippen LogP contribution in [0.1, 0.15) is 38.3 Å². The Labute approximate surface area is 113 Å². The van der Waals surface area contributed by atoms with Crippen LogP contribution in [0.3, 0.4) is 0 Å². The fraction of sp³-hybridized carbons (Fsp3) is 0.643. The molecule has 5 nitrogen and oxygen atoms in total. The normalized spacial score (nSPS) is 23.7. The molecule has 0 aromatic carbocycles. The zero-order valence-corrected chi connectivity index (χ0v) is 11.6. The summed E-state index contributed by atoms with van der Waals surface area (Å²) in [6.45, 7) is 5.37.